The fraction of sp³-hybridized carbons (Fsp3) is 0.500. The molecule has 2 aromatic heterocycles. The molecule has 1 aliphatic heterocycles. The average molecular weight is 358 g/mol. The number of anilines is 3. The lowest BCUT2D eigenvalue weighted by Crippen LogP contribution is -2.18. The fourth-order valence-electron chi connectivity index (χ4n) is 3.02. The second kappa shape index (κ2) is 8.18. The third kappa shape index (κ3) is 4.51. The van der Waals surface area contributed by atoms with Crippen molar-refractivity contribution in [2.24, 2.45) is 5.92 Å². The Bertz CT molecular complexity index is 754. The quantitative estimate of drug-likeness (QED) is 0.780. The van der Waals surface area contributed by atoms with E-state index in [1.165, 1.54) is 0 Å². The Kier molecular flexibility index (Phi) is 5.72. The standard InChI is InChI=1S/C18H26N6O2/c1-12-21-16(19-2)8-18(22-12)23-17-7-14(15(25-4)9-20-17)26-11-13-5-6-24(3)10-13/h7-9,13H,5-6,10-11H2,1-4H3,(H2,19,20,21,22,23). The van der Waals surface area contributed by atoms with E-state index in [0.29, 0.717) is 41.5 Å². The van der Waals surface area contributed by atoms with Crippen LogP contribution in [-0.4, -0.2) is 60.8 Å². The van der Waals surface area contributed by atoms with Crippen LogP contribution >= 0.6 is 0 Å². The molecule has 2 N–H and O–H groups in total. The van der Waals surface area contributed by atoms with Crippen LogP contribution in [0.3, 0.4) is 0 Å². The second-order valence-electron chi connectivity index (χ2n) is 6.51. The number of aromatic nitrogens is 3. The lowest BCUT2D eigenvalue weighted by molar-refractivity contribution is 0.238. The fourth-order valence-corrected chi connectivity index (χ4v) is 3.02. The number of pyridine rings is 1. The smallest absolute Gasteiger partial charge is 0.179 e. The number of hydrogen-bond acceptors (Lipinski definition) is 8. The molecule has 2 aromatic rings. The van der Waals surface area contributed by atoms with E-state index in [1.807, 2.05) is 26.1 Å². The third-order valence-corrected chi connectivity index (χ3v) is 4.37. The molecule has 140 valence electrons. The monoisotopic (exact) mass is 358 g/mol. The number of rotatable bonds is 7. The average Bonchev–Trinajstić information content (AvgIpc) is 3.05. The van der Waals surface area contributed by atoms with Crippen molar-refractivity contribution in [3.05, 3.63) is 24.2 Å². The van der Waals surface area contributed by atoms with Crippen molar-refractivity contribution < 1.29 is 9.47 Å². The molecule has 1 aliphatic rings. The van der Waals surface area contributed by atoms with E-state index in [2.05, 4.69) is 37.5 Å². The summed E-state index contributed by atoms with van der Waals surface area (Å²) in [4.78, 5) is 15.4. The Morgan fingerprint density at radius 3 is 2.69 bits per heavy atom. The number of hydrogen-bond donors (Lipinski definition) is 2. The van der Waals surface area contributed by atoms with Crippen molar-refractivity contribution in [3.8, 4) is 11.5 Å². The minimum atomic E-state index is 0.539. The first-order valence-corrected chi connectivity index (χ1v) is 8.73. The Balaban J connectivity index is 1.73. The molecular formula is C18H26N6O2. The summed E-state index contributed by atoms with van der Waals surface area (Å²) in [6, 6.07) is 3.67. The van der Waals surface area contributed by atoms with Gasteiger partial charge in [0.15, 0.2) is 11.5 Å². The highest BCUT2D eigenvalue weighted by Crippen LogP contribution is 2.30. The molecule has 1 unspecified atom stereocenters. The van der Waals surface area contributed by atoms with Crippen LogP contribution < -0.4 is 20.1 Å². The highest BCUT2D eigenvalue weighted by molar-refractivity contribution is 5.59. The zero-order valence-corrected chi connectivity index (χ0v) is 15.7. The highest BCUT2D eigenvalue weighted by Gasteiger charge is 2.20. The van der Waals surface area contributed by atoms with Gasteiger partial charge >= 0.3 is 0 Å². The topological polar surface area (TPSA) is 84.4 Å². The van der Waals surface area contributed by atoms with Gasteiger partial charge in [-0.1, -0.05) is 0 Å². The van der Waals surface area contributed by atoms with Crippen molar-refractivity contribution in [1.82, 2.24) is 19.9 Å². The summed E-state index contributed by atoms with van der Waals surface area (Å²) in [6.45, 7) is 4.70. The normalized spacial score (nSPS) is 17.2. The molecule has 1 saturated heterocycles. The van der Waals surface area contributed by atoms with Crippen molar-refractivity contribution in [2.45, 2.75) is 13.3 Å². The SMILES string of the molecule is CNc1cc(Nc2cc(OCC3CCN(C)C3)c(OC)cn2)nc(C)n1. The summed E-state index contributed by atoms with van der Waals surface area (Å²) in [6.07, 6.45) is 2.81. The van der Waals surface area contributed by atoms with Crippen LogP contribution in [0, 0.1) is 12.8 Å². The van der Waals surface area contributed by atoms with E-state index in [0.717, 1.165) is 25.3 Å². The number of methoxy groups -OCH3 is 1. The van der Waals surface area contributed by atoms with Gasteiger partial charge in [-0.15, -0.1) is 0 Å². The van der Waals surface area contributed by atoms with Gasteiger partial charge in [-0.05, 0) is 26.9 Å². The van der Waals surface area contributed by atoms with Gasteiger partial charge in [0, 0.05) is 31.6 Å². The number of nitrogens with zero attached hydrogens (tertiary/aromatic N) is 4. The summed E-state index contributed by atoms with van der Waals surface area (Å²) >= 11 is 0. The number of ether oxygens (including phenoxy) is 2. The first-order chi connectivity index (χ1) is 12.6. The summed E-state index contributed by atoms with van der Waals surface area (Å²) in [7, 11) is 5.58. The molecule has 0 saturated carbocycles. The molecule has 0 aliphatic carbocycles. The molecule has 8 nitrogen and oxygen atoms in total. The van der Waals surface area contributed by atoms with E-state index < -0.39 is 0 Å². The molecule has 26 heavy (non-hydrogen) atoms. The zero-order chi connectivity index (χ0) is 18.5. The summed E-state index contributed by atoms with van der Waals surface area (Å²) in [5, 5.41) is 6.22. The van der Waals surface area contributed by atoms with Gasteiger partial charge in [0.2, 0.25) is 0 Å². The van der Waals surface area contributed by atoms with Crippen molar-refractivity contribution in [2.75, 3.05) is 51.5 Å². The van der Waals surface area contributed by atoms with E-state index in [4.69, 9.17) is 9.47 Å². The predicted molar refractivity (Wildman–Crippen MR) is 101 cm³/mol. The molecule has 0 radical (unpaired) electrons. The van der Waals surface area contributed by atoms with Gasteiger partial charge < -0.3 is 25.0 Å². The largest absolute Gasteiger partial charge is 0.491 e. The molecule has 0 aromatic carbocycles. The molecule has 0 spiro atoms. The summed E-state index contributed by atoms with van der Waals surface area (Å²) < 4.78 is 11.4. The molecule has 8 heteroatoms. The maximum absolute atomic E-state index is 6.03. The number of likely N-dealkylation sites (tertiary alicyclic amines) is 1. The molecular weight excluding hydrogens is 332 g/mol. The van der Waals surface area contributed by atoms with Gasteiger partial charge in [0.25, 0.3) is 0 Å². The predicted octanol–water partition coefficient (Wildman–Crippen LogP) is 2.30. The van der Waals surface area contributed by atoms with Crippen molar-refractivity contribution >= 4 is 17.5 Å². The maximum Gasteiger partial charge on any atom is 0.179 e. The molecule has 3 heterocycles. The summed E-state index contributed by atoms with van der Waals surface area (Å²) in [5.74, 6) is 4.57. The molecule has 1 atom stereocenters. The van der Waals surface area contributed by atoms with Crippen molar-refractivity contribution in [1.29, 1.82) is 0 Å². The third-order valence-electron chi connectivity index (χ3n) is 4.37. The van der Waals surface area contributed by atoms with Gasteiger partial charge in [0.1, 0.15) is 23.3 Å². The van der Waals surface area contributed by atoms with Crippen LogP contribution in [-0.2, 0) is 0 Å². The maximum atomic E-state index is 6.03. The van der Waals surface area contributed by atoms with Crippen LogP contribution in [0.25, 0.3) is 0 Å². The molecule has 3 rings (SSSR count). The Morgan fingerprint density at radius 1 is 1.19 bits per heavy atom. The molecule has 0 amide bonds. The Morgan fingerprint density at radius 2 is 2.00 bits per heavy atom. The molecule has 0 bridgehead atoms. The lowest BCUT2D eigenvalue weighted by atomic mass is 10.1. The van der Waals surface area contributed by atoms with Crippen LogP contribution in [0.4, 0.5) is 17.5 Å². The van der Waals surface area contributed by atoms with Crippen LogP contribution in [0.5, 0.6) is 11.5 Å². The highest BCUT2D eigenvalue weighted by atomic mass is 16.5. The summed E-state index contributed by atoms with van der Waals surface area (Å²) in [5.41, 5.74) is 0. The van der Waals surface area contributed by atoms with Gasteiger partial charge in [-0.25, -0.2) is 15.0 Å². The first-order valence-electron chi connectivity index (χ1n) is 8.73. The minimum absolute atomic E-state index is 0.539. The van der Waals surface area contributed by atoms with E-state index in [-0.39, 0.29) is 0 Å². The first kappa shape index (κ1) is 18.2. The van der Waals surface area contributed by atoms with Crippen LogP contribution in [0.1, 0.15) is 12.2 Å². The van der Waals surface area contributed by atoms with Crippen LogP contribution in [0.15, 0.2) is 18.3 Å². The Hall–Kier alpha value is -2.61. The van der Waals surface area contributed by atoms with Gasteiger partial charge in [0.05, 0.1) is 19.9 Å². The lowest BCUT2D eigenvalue weighted by Gasteiger charge is -2.15. The van der Waals surface area contributed by atoms with E-state index >= 15 is 0 Å². The minimum Gasteiger partial charge on any atom is -0.491 e. The van der Waals surface area contributed by atoms with Gasteiger partial charge in [-0.3, -0.25) is 0 Å². The molecule has 1 fully saturated rings. The Labute approximate surface area is 154 Å². The van der Waals surface area contributed by atoms with Crippen molar-refractivity contribution in [3.63, 3.8) is 0 Å². The van der Waals surface area contributed by atoms with E-state index in [1.54, 1.807) is 13.3 Å². The number of aryl methyl sites for hydroxylation is 1. The zero-order valence-electron chi connectivity index (χ0n) is 15.7. The number of nitrogens with one attached hydrogen (secondary N) is 2. The van der Waals surface area contributed by atoms with Gasteiger partial charge in [-0.2, -0.15) is 0 Å². The van der Waals surface area contributed by atoms with Crippen LogP contribution in [0.2, 0.25) is 0 Å². The van der Waals surface area contributed by atoms with E-state index in [9.17, 15) is 0 Å². The second-order valence-corrected chi connectivity index (χ2v) is 6.51.